The second-order valence-corrected chi connectivity index (χ2v) is 8.29. The first-order chi connectivity index (χ1) is 11.3. The maximum Gasteiger partial charge on any atom is 0.133 e. The lowest BCUT2D eigenvalue weighted by atomic mass is 9.92. The van der Waals surface area contributed by atoms with Crippen LogP contribution in [0, 0.1) is 13.8 Å². The minimum atomic E-state index is -1.55. The highest BCUT2D eigenvalue weighted by Gasteiger charge is 2.12. The number of halogens is 1. The molecule has 0 bridgehead atoms. The first-order valence-electron chi connectivity index (χ1n) is 8.22. The second kappa shape index (κ2) is 8.09. The SMILES string of the molecule is Cc1cc(CP(O)CF)cc(C)c1Cc1ccc(O)c(C(C)C)c1. The Labute approximate surface area is 145 Å². The summed E-state index contributed by atoms with van der Waals surface area (Å²) in [6.45, 7) is 8.26. The van der Waals surface area contributed by atoms with Crippen LogP contribution in [0.25, 0.3) is 0 Å². The van der Waals surface area contributed by atoms with Crippen LogP contribution < -0.4 is 0 Å². The molecule has 2 nitrogen and oxygen atoms in total. The molecule has 0 spiro atoms. The molecule has 0 radical (unpaired) electrons. The highest BCUT2D eigenvalue weighted by atomic mass is 31.1. The molecule has 0 saturated carbocycles. The number of alkyl halides is 1. The molecule has 1 unspecified atom stereocenters. The zero-order chi connectivity index (χ0) is 17.9. The van der Waals surface area contributed by atoms with E-state index in [0.29, 0.717) is 11.9 Å². The summed E-state index contributed by atoms with van der Waals surface area (Å²) in [6, 6.07) is 9.90. The minimum absolute atomic E-state index is 0.277. The van der Waals surface area contributed by atoms with Crippen LogP contribution in [0.4, 0.5) is 4.39 Å². The highest BCUT2D eigenvalue weighted by Crippen LogP contribution is 2.36. The molecule has 2 rings (SSSR count). The van der Waals surface area contributed by atoms with E-state index in [1.54, 1.807) is 6.07 Å². The molecule has 2 aromatic carbocycles. The van der Waals surface area contributed by atoms with Gasteiger partial charge in [0.15, 0.2) is 0 Å². The van der Waals surface area contributed by atoms with Gasteiger partial charge in [0.25, 0.3) is 0 Å². The van der Waals surface area contributed by atoms with Gasteiger partial charge in [0.1, 0.15) is 12.2 Å². The predicted octanol–water partition coefficient (Wildman–Crippen LogP) is 5.54. The molecule has 1 atom stereocenters. The average Bonchev–Trinajstić information content (AvgIpc) is 2.52. The van der Waals surface area contributed by atoms with Gasteiger partial charge in [-0.1, -0.05) is 38.1 Å². The van der Waals surface area contributed by atoms with E-state index < -0.39 is 14.6 Å². The summed E-state index contributed by atoms with van der Waals surface area (Å²) >= 11 is 0. The molecular weight excluding hydrogens is 322 g/mol. The van der Waals surface area contributed by atoms with Gasteiger partial charge in [-0.2, -0.15) is 0 Å². The second-order valence-electron chi connectivity index (χ2n) is 6.72. The van der Waals surface area contributed by atoms with Crippen molar-refractivity contribution in [2.45, 2.75) is 46.2 Å². The molecule has 0 amide bonds. The summed E-state index contributed by atoms with van der Waals surface area (Å²) in [7, 11) is -1.55. The van der Waals surface area contributed by atoms with Gasteiger partial charge in [-0.15, -0.1) is 0 Å². The van der Waals surface area contributed by atoms with Crippen LogP contribution in [0.15, 0.2) is 30.3 Å². The first-order valence-corrected chi connectivity index (χ1v) is 9.89. The van der Waals surface area contributed by atoms with Crippen LogP contribution in [0.1, 0.15) is 53.1 Å². The largest absolute Gasteiger partial charge is 0.508 e. The molecule has 130 valence electrons. The Balaban J connectivity index is 2.29. The van der Waals surface area contributed by atoms with Crippen LogP contribution in [0.5, 0.6) is 5.75 Å². The maximum absolute atomic E-state index is 12.5. The molecular formula is C20H26FO2P. The van der Waals surface area contributed by atoms with Gasteiger partial charge in [0.2, 0.25) is 0 Å². The van der Waals surface area contributed by atoms with Crippen LogP contribution in [-0.2, 0) is 12.6 Å². The summed E-state index contributed by atoms with van der Waals surface area (Å²) < 4.78 is 12.5. The van der Waals surface area contributed by atoms with Gasteiger partial charge in [-0.05, 0) is 65.6 Å². The van der Waals surface area contributed by atoms with Crippen molar-refractivity contribution in [3.05, 3.63) is 63.7 Å². The number of phenolic OH excluding ortho intramolecular Hbond substituents is 1. The summed E-state index contributed by atoms with van der Waals surface area (Å²) in [5, 5.41) is 9.97. The van der Waals surface area contributed by atoms with Gasteiger partial charge in [-0.3, -0.25) is 0 Å². The van der Waals surface area contributed by atoms with Crippen molar-refractivity contribution in [1.82, 2.24) is 0 Å². The number of rotatable bonds is 6. The lowest BCUT2D eigenvalue weighted by molar-refractivity contribution is 0.464. The zero-order valence-electron chi connectivity index (χ0n) is 14.8. The van der Waals surface area contributed by atoms with Crippen LogP contribution >= 0.6 is 8.15 Å². The first kappa shape index (κ1) is 18.9. The van der Waals surface area contributed by atoms with E-state index in [-0.39, 0.29) is 5.92 Å². The van der Waals surface area contributed by atoms with Crippen molar-refractivity contribution < 1.29 is 14.4 Å². The van der Waals surface area contributed by atoms with Crippen molar-refractivity contribution in [2.75, 3.05) is 6.42 Å². The molecule has 0 aliphatic carbocycles. The summed E-state index contributed by atoms with van der Waals surface area (Å²) in [4.78, 5) is 9.57. The van der Waals surface area contributed by atoms with E-state index in [0.717, 1.165) is 28.7 Å². The molecule has 0 aliphatic rings. The van der Waals surface area contributed by atoms with Crippen LogP contribution in [-0.4, -0.2) is 16.4 Å². The summed E-state index contributed by atoms with van der Waals surface area (Å²) in [5.74, 6) is 0.624. The molecule has 2 aromatic rings. The van der Waals surface area contributed by atoms with E-state index in [9.17, 15) is 14.4 Å². The number of phenols is 1. The zero-order valence-corrected chi connectivity index (χ0v) is 15.7. The lowest BCUT2D eigenvalue weighted by Crippen LogP contribution is -2.00. The lowest BCUT2D eigenvalue weighted by Gasteiger charge is -2.16. The molecule has 0 aromatic heterocycles. The van der Waals surface area contributed by atoms with Gasteiger partial charge >= 0.3 is 0 Å². The number of aromatic hydroxyl groups is 1. The fourth-order valence-electron chi connectivity index (χ4n) is 3.09. The fourth-order valence-corrected chi connectivity index (χ4v) is 3.78. The van der Waals surface area contributed by atoms with E-state index in [2.05, 4.69) is 33.8 Å². The summed E-state index contributed by atoms with van der Waals surface area (Å²) in [6.07, 6.45) is 0.556. The topological polar surface area (TPSA) is 40.5 Å². The van der Waals surface area contributed by atoms with Crippen molar-refractivity contribution in [2.24, 2.45) is 0 Å². The number of hydrogen-bond donors (Lipinski definition) is 2. The van der Waals surface area contributed by atoms with E-state index >= 15 is 0 Å². The molecule has 2 N–H and O–H groups in total. The number of benzene rings is 2. The maximum atomic E-state index is 12.5. The monoisotopic (exact) mass is 348 g/mol. The Hall–Kier alpha value is -1.44. The molecule has 0 aliphatic heterocycles. The Bertz CT molecular complexity index is 690. The predicted molar refractivity (Wildman–Crippen MR) is 99.7 cm³/mol. The quantitative estimate of drug-likeness (QED) is 0.673. The summed E-state index contributed by atoms with van der Waals surface area (Å²) in [5.41, 5.74) is 6.70. The Kier molecular flexibility index (Phi) is 6.37. The normalized spacial score (nSPS) is 12.6. The third kappa shape index (κ3) is 4.55. The van der Waals surface area contributed by atoms with Crippen LogP contribution in [0.2, 0.25) is 0 Å². The third-order valence-corrected chi connectivity index (χ3v) is 5.36. The third-order valence-electron chi connectivity index (χ3n) is 4.35. The molecule has 0 saturated heterocycles. The standard InChI is InChI=1S/C20H26FO2P/c1-13(2)18-9-16(5-6-20(18)22)10-19-14(3)7-17(8-15(19)4)11-24(23)12-21/h5-9,13,22-23H,10-12H2,1-4H3. The minimum Gasteiger partial charge on any atom is -0.508 e. The van der Waals surface area contributed by atoms with Gasteiger partial charge in [0, 0.05) is 6.16 Å². The van der Waals surface area contributed by atoms with E-state index in [4.69, 9.17) is 0 Å². The Morgan fingerprint density at radius 2 is 1.67 bits per heavy atom. The van der Waals surface area contributed by atoms with Crippen molar-refractivity contribution >= 4 is 8.15 Å². The highest BCUT2D eigenvalue weighted by molar-refractivity contribution is 7.50. The van der Waals surface area contributed by atoms with Crippen molar-refractivity contribution in [3.63, 3.8) is 0 Å². The van der Waals surface area contributed by atoms with Crippen molar-refractivity contribution in [3.8, 4) is 5.75 Å². The average molecular weight is 348 g/mol. The molecule has 0 fully saturated rings. The Morgan fingerprint density at radius 3 is 2.21 bits per heavy atom. The number of aryl methyl sites for hydroxylation is 2. The van der Waals surface area contributed by atoms with Crippen LogP contribution in [0.3, 0.4) is 0 Å². The van der Waals surface area contributed by atoms with Crippen molar-refractivity contribution in [1.29, 1.82) is 0 Å². The fraction of sp³-hybridized carbons (Fsp3) is 0.400. The molecule has 0 heterocycles. The van der Waals surface area contributed by atoms with E-state index in [1.165, 1.54) is 11.1 Å². The molecule has 24 heavy (non-hydrogen) atoms. The van der Waals surface area contributed by atoms with Gasteiger partial charge in [0.05, 0.1) is 8.15 Å². The smallest absolute Gasteiger partial charge is 0.133 e. The number of hydrogen-bond acceptors (Lipinski definition) is 2. The van der Waals surface area contributed by atoms with Gasteiger partial charge < -0.3 is 10.00 Å². The molecule has 4 heteroatoms. The Morgan fingerprint density at radius 1 is 1.04 bits per heavy atom. The van der Waals surface area contributed by atoms with Gasteiger partial charge in [-0.25, -0.2) is 4.39 Å². The van der Waals surface area contributed by atoms with E-state index in [1.807, 2.05) is 18.2 Å².